The number of nitrogens with one attached hydrogen (secondary N) is 1. The Hall–Kier alpha value is -0.890. The summed E-state index contributed by atoms with van der Waals surface area (Å²) in [4.78, 5) is 0. The van der Waals surface area contributed by atoms with Crippen molar-refractivity contribution in [2.45, 2.75) is 20.3 Å². The normalized spacial score (nSPS) is 12.3. The van der Waals surface area contributed by atoms with Gasteiger partial charge in [-0.3, -0.25) is 0 Å². The molecule has 0 heterocycles. The van der Waals surface area contributed by atoms with Crippen LogP contribution in [0.1, 0.15) is 20.3 Å². The van der Waals surface area contributed by atoms with Crippen LogP contribution in [-0.2, 0) is 4.74 Å². The number of hydrogen-bond donors (Lipinski definition) is 1. The first kappa shape index (κ1) is 11.1. The fourth-order valence-corrected chi connectivity index (χ4v) is 0.701. The zero-order valence-electron chi connectivity index (χ0n) is 7.84. The molecule has 0 aliphatic heterocycles. The lowest BCUT2D eigenvalue weighted by Gasteiger charge is -2.00. The van der Waals surface area contributed by atoms with Gasteiger partial charge in [0.15, 0.2) is 0 Å². The van der Waals surface area contributed by atoms with Crippen LogP contribution in [0.5, 0.6) is 0 Å². The molecule has 0 fully saturated rings. The number of rotatable bonds is 6. The maximum atomic E-state index is 6.74. The van der Waals surface area contributed by atoms with E-state index in [1.54, 1.807) is 6.08 Å². The molecule has 0 saturated carbocycles. The summed E-state index contributed by atoms with van der Waals surface area (Å²) in [6.07, 6.45) is 7.81. The second-order valence-electron chi connectivity index (χ2n) is 2.62. The minimum absolute atomic E-state index is 0.691. The van der Waals surface area contributed by atoms with Gasteiger partial charge in [-0.05, 0) is 25.0 Å². The molecule has 0 unspecified atom stereocenters. The van der Waals surface area contributed by atoms with Crippen LogP contribution in [0.2, 0.25) is 0 Å². The molecular weight excluding hydrogens is 150 g/mol. The van der Waals surface area contributed by atoms with Gasteiger partial charge < -0.3 is 10.1 Å². The van der Waals surface area contributed by atoms with Crippen LogP contribution in [0.3, 0.4) is 0 Å². The van der Waals surface area contributed by atoms with E-state index in [2.05, 4.69) is 6.92 Å². The molecule has 0 aliphatic carbocycles. The summed E-state index contributed by atoms with van der Waals surface area (Å²) in [6.45, 7) is 5.62. The van der Waals surface area contributed by atoms with Gasteiger partial charge >= 0.3 is 0 Å². The van der Waals surface area contributed by atoms with E-state index >= 15 is 0 Å². The highest BCUT2D eigenvalue weighted by atomic mass is 16.5. The predicted octanol–water partition coefficient (Wildman–Crippen LogP) is 2.57. The molecule has 0 amide bonds. The minimum Gasteiger partial charge on any atom is -0.377 e. The molecule has 0 aliphatic rings. The Morgan fingerprint density at radius 1 is 1.42 bits per heavy atom. The first-order valence-corrected chi connectivity index (χ1v) is 4.22. The lowest BCUT2D eigenvalue weighted by Crippen LogP contribution is -1.96. The Balaban J connectivity index is 3.55. The second-order valence-corrected chi connectivity index (χ2v) is 2.62. The number of allylic oxidation sites excluding steroid dienone is 3. The van der Waals surface area contributed by atoms with E-state index in [1.807, 2.05) is 19.1 Å². The van der Waals surface area contributed by atoms with Gasteiger partial charge in [0.2, 0.25) is 0 Å². The van der Waals surface area contributed by atoms with E-state index in [9.17, 15) is 0 Å². The van der Waals surface area contributed by atoms with Crippen molar-refractivity contribution < 1.29 is 4.74 Å². The maximum absolute atomic E-state index is 6.74. The van der Waals surface area contributed by atoms with Crippen LogP contribution >= 0.6 is 0 Å². The van der Waals surface area contributed by atoms with E-state index in [-0.39, 0.29) is 0 Å². The van der Waals surface area contributed by atoms with Crippen molar-refractivity contribution in [2.24, 2.45) is 0 Å². The van der Waals surface area contributed by atoms with Crippen molar-refractivity contribution in [1.82, 2.24) is 0 Å². The van der Waals surface area contributed by atoms with Gasteiger partial charge in [0, 0.05) is 12.8 Å². The molecular formula is C10H17NO. The molecule has 12 heavy (non-hydrogen) atoms. The van der Waals surface area contributed by atoms with E-state index in [0.717, 1.165) is 13.0 Å². The van der Waals surface area contributed by atoms with Crippen molar-refractivity contribution >= 4 is 6.21 Å². The van der Waals surface area contributed by atoms with Crippen molar-refractivity contribution in [3.8, 4) is 0 Å². The summed E-state index contributed by atoms with van der Waals surface area (Å²) in [5.41, 5.74) is 1.18. The van der Waals surface area contributed by atoms with Gasteiger partial charge in [-0.1, -0.05) is 19.1 Å². The third kappa shape index (κ3) is 7.22. The van der Waals surface area contributed by atoms with Gasteiger partial charge in [0.05, 0.1) is 6.61 Å². The Kier molecular flexibility index (Phi) is 7.60. The number of hydrogen-bond acceptors (Lipinski definition) is 2. The van der Waals surface area contributed by atoms with Crippen LogP contribution in [0.15, 0.2) is 23.8 Å². The molecule has 0 aromatic rings. The maximum Gasteiger partial charge on any atom is 0.0677 e. The predicted molar refractivity (Wildman–Crippen MR) is 52.8 cm³/mol. The Bertz CT molecular complexity index is 171. The highest BCUT2D eigenvalue weighted by Gasteiger charge is 1.86. The highest BCUT2D eigenvalue weighted by Crippen LogP contribution is 1.94. The van der Waals surface area contributed by atoms with Crippen molar-refractivity contribution in [3.05, 3.63) is 23.8 Å². The third-order valence-corrected chi connectivity index (χ3v) is 1.27. The highest BCUT2D eigenvalue weighted by molar-refractivity contribution is 5.68. The fraction of sp³-hybridized carbons (Fsp3) is 0.500. The van der Waals surface area contributed by atoms with Crippen LogP contribution in [-0.4, -0.2) is 19.4 Å². The number of ether oxygens (including phenoxy) is 1. The average Bonchev–Trinajstić information content (AvgIpc) is 2.06. The standard InChI is InChI=1S/C10H17NO/c1-3-8-12-9-10(2)6-4-5-7-11/h4-7,11H,3,8-9H2,1-2H3/b5-4-,10-6+,11-7?. The molecule has 2 nitrogen and oxygen atoms in total. The zero-order chi connectivity index (χ0) is 9.23. The topological polar surface area (TPSA) is 33.1 Å². The van der Waals surface area contributed by atoms with Crippen LogP contribution in [0, 0.1) is 5.41 Å². The molecule has 1 N–H and O–H groups in total. The van der Waals surface area contributed by atoms with Gasteiger partial charge in [0.1, 0.15) is 0 Å². The van der Waals surface area contributed by atoms with Crippen molar-refractivity contribution in [2.75, 3.05) is 13.2 Å². The first-order valence-electron chi connectivity index (χ1n) is 4.22. The summed E-state index contributed by atoms with van der Waals surface area (Å²) < 4.78 is 5.32. The van der Waals surface area contributed by atoms with Gasteiger partial charge in [-0.15, -0.1) is 0 Å². The Morgan fingerprint density at radius 2 is 2.17 bits per heavy atom. The SMILES string of the molecule is CCCOC/C(C)=C/C=C\C=N. The van der Waals surface area contributed by atoms with Gasteiger partial charge in [0.25, 0.3) is 0 Å². The van der Waals surface area contributed by atoms with Crippen LogP contribution < -0.4 is 0 Å². The smallest absolute Gasteiger partial charge is 0.0677 e. The molecule has 0 rings (SSSR count). The summed E-state index contributed by atoms with van der Waals surface area (Å²) >= 11 is 0. The molecule has 0 spiro atoms. The molecule has 0 radical (unpaired) electrons. The molecule has 0 bridgehead atoms. The van der Waals surface area contributed by atoms with Crippen LogP contribution in [0.4, 0.5) is 0 Å². The molecule has 0 atom stereocenters. The summed E-state index contributed by atoms with van der Waals surface area (Å²) in [7, 11) is 0. The van der Waals surface area contributed by atoms with E-state index in [4.69, 9.17) is 10.1 Å². The summed E-state index contributed by atoms with van der Waals surface area (Å²) in [6, 6.07) is 0. The molecule has 0 saturated heterocycles. The molecule has 68 valence electrons. The van der Waals surface area contributed by atoms with E-state index < -0.39 is 0 Å². The second kappa shape index (κ2) is 8.21. The Labute approximate surface area is 74.4 Å². The molecule has 2 heteroatoms. The van der Waals surface area contributed by atoms with Crippen LogP contribution in [0.25, 0.3) is 0 Å². The summed E-state index contributed by atoms with van der Waals surface area (Å²) in [5, 5.41) is 6.74. The van der Waals surface area contributed by atoms with E-state index in [0.29, 0.717) is 6.61 Å². The fourth-order valence-electron chi connectivity index (χ4n) is 0.701. The van der Waals surface area contributed by atoms with E-state index in [1.165, 1.54) is 11.8 Å². The minimum atomic E-state index is 0.691. The zero-order valence-corrected chi connectivity index (χ0v) is 7.84. The monoisotopic (exact) mass is 167 g/mol. The quantitative estimate of drug-likeness (QED) is 0.368. The van der Waals surface area contributed by atoms with Crippen molar-refractivity contribution in [1.29, 1.82) is 5.41 Å². The van der Waals surface area contributed by atoms with Gasteiger partial charge in [-0.25, -0.2) is 0 Å². The van der Waals surface area contributed by atoms with Gasteiger partial charge in [-0.2, -0.15) is 0 Å². The average molecular weight is 167 g/mol. The Morgan fingerprint density at radius 3 is 2.75 bits per heavy atom. The lowest BCUT2D eigenvalue weighted by molar-refractivity contribution is 0.157. The third-order valence-electron chi connectivity index (χ3n) is 1.27. The molecule has 0 aromatic carbocycles. The largest absolute Gasteiger partial charge is 0.377 e. The molecule has 0 aromatic heterocycles. The first-order chi connectivity index (χ1) is 5.81. The van der Waals surface area contributed by atoms with Crippen molar-refractivity contribution in [3.63, 3.8) is 0 Å². The lowest BCUT2D eigenvalue weighted by atomic mass is 10.3. The summed E-state index contributed by atoms with van der Waals surface area (Å²) in [5.74, 6) is 0.